The van der Waals surface area contributed by atoms with E-state index in [9.17, 15) is 23.2 Å². The lowest BCUT2D eigenvalue weighted by Crippen LogP contribution is -2.67. The highest BCUT2D eigenvalue weighted by molar-refractivity contribution is 6.99. The van der Waals surface area contributed by atoms with E-state index in [1.54, 1.807) is 9.47 Å². The molecule has 3 aliphatic heterocycles. The van der Waals surface area contributed by atoms with Crippen LogP contribution in [0.25, 0.3) is 0 Å². The maximum Gasteiger partial charge on any atom is 0.274 e. The summed E-state index contributed by atoms with van der Waals surface area (Å²) in [6.07, 6.45) is 4.35. The van der Waals surface area contributed by atoms with Crippen LogP contribution >= 0.6 is 0 Å². The summed E-state index contributed by atoms with van der Waals surface area (Å²) in [5, 5.41) is 9.33. The zero-order chi connectivity index (χ0) is 40.5. The fourth-order valence-corrected chi connectivity index (χ4v) is 13.1. The third kappa shape index (κ3) is 7.43. The third-order valence-electron chi connectivity index (χ3n) is 11.7. The predicted octanol–water partition coefficient (Wildman–Crippen LogP) is 6.51. The van der Waals surface area contributed by atoms with Crippen LogP contribution in [-0.2, 0) is 15.8 Å². The minimum absolute atomic E-state index is 0.0501. The maximum atomic E-state index is 14.5. The highest BCUT2D eigenvalue weighted by Crippen LogP contribution is 2.47. The largest absolute Gasteiger partial charge is 0.487 e. The van der Waals surface area contributed by atoms with Crippen molar-refractivity contribution in [2.45, 2.75) is 96.0 Å². The van der Waals surface area contributed by atoms with Crippen molar-refractivity contribution in [3.8, 4) is 5.75 Å². The summed E-state index contributed by atoms with van der Waals surface area (Å²) in [4.78, 5) is 50.5. The zero-order valence-electron chi connectivity index (χ0n) is 33.1. The molecule has 7 rings (SSSR count). The highest BCUT2D eigenvalue weighted by Gasteiger charge is 2.56. The first-order chi connectivity index (χ1) is 27.3. The van der Waals surface area contributed by atoms with Crippen molar-refractivity contribution < 1.29 is 32.4 Å². The first-order valence-electron chi connectivity index (χ1n) is 19.7. The van der Waals surface area contributed by atoms with Crippen molar-refractivity contribution in [3.05, 3.63) is 124 Å². The Hall–Kier alpha value is -5.14. The van der Waals surface area contributed by atoms with Crippen LogP contribution in [0.1, 0.15) is 99.2 Å². The van der Waals surface area contributed by atoms with Crippen LogP contribution in [0, 0.1) is 11.6 Å². The molecule has 2 amide bonds. The fourth-order valence-electron chi connectivity index (χ4n) is 8.59. The first kappa shape index (κ1) is 40.1. The van der Waals surface area contributed by atoms with E-state index in [-0.39, 0.29) is 65.9 Å². The molecule has 4 heterocycles. The molecule has 1 spiro atoms. The molecule has 13 heteroatoms. The molecule has 4 aromatic rings. The van der Waals surface area contributed by atoms with Crippen molar-refractivity contribution in [2.75, 3.05) is 19.8 Å². The normalized spacial score (nSPS) is 20.4. The molecule has 3 aliphatic rings. The van der Waals surface area contributed by atoms with E-state index in [2.05, 4.69) is 55.5 Å². The number of fused-ring (bicyclic) bond motifs is 5. The molecule has 10 nitrogen and oxygen atoms in total. The van der Waals surface area contributed by atoms with Gasteiger partial charge in [0.2, 0.25) is 5.43 Å². The molecule has 57 heavy (non-hydrogen) atoms. The number of nitrogens with zero attached hydrogens (tertiary/aromatic N) is 3. The SMILES string of the molecule is CCCCOc1c2n(cc(C(=O)NCc3ccc(F)cc3F)c1=O)[C@@H]1CN(C2=O)[C@@H](C)CC[C@@]12CC(CO[Si](c1ccccc1)(c1ccccc1)C(C)(C)C)=NO2. The van der Waals surface area contributed by atoms with E-state index in [1.807, 2.05) is 50.2 Å². The maximum absolute atomic E-state index is 14.5. The molecule has 300 valence electrons. The third-order valence-corrected chi connectivity index (χ3v) is 16.6. The van der Waals surface area contributed by atoms with Crippen LogP contribution in [0.4, 0.5) is 8.78 Å². The Morgan fingerprint density at radius 3 is 2.35 bits per heavy atom. The highest BCUT2D eigenvalue weighted by atomic mass is 28.4. The van der Waals surface area contributed by atoms with Crippen molar-refractivity contribution in [3.63, 3.8) is 0 Å². The number of ether oxygens (including phenoxy) is 1. The molecule has 1 N–H and O–H groups in total. The van der Waals surface area contributed by atoms with Gasteiger partial charge in [-0.05, 0) is 47.7 Å². The van der Waals surface area contributed by atoms with Gasteiger partial charge in [-0.15, -0.1) is 0 Å². The van der Waals surface area contributed by atoms with Crippen LogP contribution in [0.3, 0.4) is 0 Å². The number of benzene rings is 3. The average Bonchev–Trinajstić information content (AvgIpc) is 3.56. The van der Waals surface area contributed by atoms with E-state index in [0.29, 0.717) is 25.7 Å². The lowest BCUT2D eigenvalue weighted by atomic mass is 9.84. The quantitative estimate of drug-likeness (QED) is 0.129. The Balaban J connectivity index is 1.25. The monoisotopic (exact) mass is 796 g/mol. The van der Waals surface area contributed by atoms with Gasteiger partial charge < -0.3 is 28.8 Å². The first-order valence-corrected chi connectivity index (χ1v) is 21.6. The van der Waals surface area contributed by atoms with Crippen molar-refractivity contribution in [1.29, 1.82) is 0 Å². The number of aromatic nitrogens is 1. The van der Waals surface area contributed by atoms with E-state index < -0.39 is 42.9 Å². The number of hydrogen-bond acceptors (Lipinski definition) is 7. The van der Waals surface area contributed by atoms with Crippen molar-refractivity contribution in [2.24, 2.45) is 5.16 Å². The van der Waals surface area contributed by atoms with Gasteiger partial charge >= 0.3 is 0 Å². The number of carbonyl (C=O) groups is 2. The summed E-state index contributed by atoms with van der Waals surface area (Å²) in [6.45, 7) is 11.0. The number of oxime groups is 1. The standard InChI is InChI=1S/C44H50F2N4O6Si/c1-6-7-22-54-40-38-42(53)49-27-37(50(38)26-35(39(40)51)41(52)47-25-30-18-19-31(45)23-36(30)46)44(21-20-29(49)2)24-32(48-56-44)28-55-57(43(3,4)5,33-14-10-8-11-15-33)34-16-12-9-13-17-34/h8-19,23,26,29,37H,6-7,20-22,24-25,27-28H2,1-5H3,(H,47,52)/t29-,37+,44+/m0/s1. The van der Waals surface area contributed by atoms with Gasteiger partial charge in [0, 0.05) is 43.4 Å². The van der Waals surface area contributed by atoms with Crippen LogP contribution < -0.4 is 25.9 Å². The Bertz CT molecular complexity index is 2190. The topological polar surface area (TPSA) is 111 Å². The van der Waals surface area contributed by atoms with Gasteiger partial charge in [0.15, 0.2) is 17.0 Å². The van der Waals surface area contributed by atoms with E-state index >= 15 is 0 Å². The van der Waals surface area contributed by atoms with E-state index in [0.717, 1.165) is 34.6 Å². The number of halogens is 2. The van der Waals surface area contributed by atoms with Crippen molar-refractivity contribution >= 4 is 36.2 Å². The minimum atomic E-state index is -2.91. The molecule has 3 atom stereocenters. The molecular weight excluding hydrogens is 747 g/mol. The Morgan fingerprint density at radius 2 is 1.72 bits per heavy atom. The van der Waals surface area contributed by atoms with E-state index in [4.69, 9.17) is 14.0 Å². The van der Waals surface area contributed by atoms with Gasteiger partial charge in [0.1, 0.15) is 17.2 Å². The van der Waals surface area contributed by atoms with Gasteiger partial charge in [-0.25, -0.2) is 8.78 Å². The number of unbranched alkanes of at least 4 members (excludes halogenated alkanes) is 1. The molecule has 3 aromatic carbocycles. The smallest absolute Gasteiger partial charge is 0.274 e. The average molecular weight is 797 g/mol. The van der Waals surface area contributed by atoms with Crippen LogP contribution in [0.15, 0.2) is 95.0 Å². The summed E-state index contributed by atoms with van der Waals surface area (Å²) in [7, 11) is -2.91. The Labute approximate surface area is 332 Å². The fraction of sp³-hybridized carbons (Fsp3) is 0.409. The van der Waals surface area contributed by atoms with Crippen LogP contribution in [-0.4, -0.2) is 66.7 Å². The van der Waals surface area contributed by atoms with Gasteiger partial charge in [0.05, 0.1) is 25.0 Å². The molecule has 1 saturated heterocycles. The number of amides is 2. The van der Waals surface area contributed by atoms with Gasteiger partial charge in [-0.1, -0.05) is 106 Å². The molecule has 0 aliphatic carbocycles. The number of rotatable bonds is 12. The second kappa shape index (κ2) is 16.0. The zero-order valence-corrected chi connectivity index (χ0v) is 34.1. The summed E-state index contributed by atoms with van der Waals surface area (Å²) >= 11 is 0. The minimum Gasteiger partial charge on any atom is -0.487 e. The second-order valence-electron chi connectivity index (χ2n) is 16.4. The molecule has 0 radical (unpaired) electrons. The summed E-state index contributed by atoms with van der Waals surface area (Å²) < 4.78 is 43.1. The summed E-state index contributed by atoms with van der Waals surface area (Å²) in [6, 6.07) is 23.1. The Morgan fingerprint density at radius 1 is 1.04 bits per heavy atom. The van der Waals surface area contributed by atoms with Crippen LogP contribution in [0.2, 0.25) is 5.04 Å². The second-order valence-corrected chi connectivity index (χ2v) is 20.7. The molecule has 1 fully saturated rings. The number of nitrogens with one attached hydrogen (secondary N) is 1. The predicted molar refractivity (Wildman–Crippen MR) is 217 cm³/mol. The molecular formula is C44H50F2N4O6Si. The van der Waals surface area contributed by atoms with Gasteiger partial charge in [-0.3, -0.25) is 14.4 Å². The molecule has 0 unspecified atom stereocenters. The lowest BCUT2D eigenvalue weighted by Gasteiger charge is -2.43. The van der Waals surface area contributed by atoms with Gasteiger partial charge in [-0.2, -0.15) is 0 Å². The van der Waals surface area contributed by atoms with Crippen LogP contribution in [0.5, 0.6) is 5.75 Å². The molecule has 1 aromatic heterocycles. The van der Waals surface area contributed by atoms with Crippen molar-refractivity contribution in [1.82, 2.24) is 14.8 Å². The van der Waals surface area contributed by atoms with Gasteiger partial charge in [0.25, 0.3) is 20.1 Å². The molecule has 2 bridgehead atoms. The summed E-state index contributed by atoms with van der Waals surface area (Å²) in [5.74, 6) is -2.93. The number of pyridine rings is 1. The Kier molecular flexibility index (Phi) is 11.3. The molecule has 0 saturated carbocycles. The van der Waals surface area contributed by atoms with E-state index in [1.165, 1.54) is 12.3 Å². The lowest BCUT2D eigenvalue weighted by molar-refractivity contribution is -0.0656. The number of hydrogen-bond donors (Lipinski definition) is 1. The summed E-state index contributed by atoms with van der Waals surface area (Å²) in [5.41, 5.74) is -1.12. The number of carbonyl (C=O) groups excluding carboxylic acids is 2.